The van der Waals surface area contributed by atoms with E-state index in [-0.39, 0.29) is 23.7 Å². The molecule has 2 rings (SSSR count). The number of rotatable bonds is 10. The second-order valence-corrected chi connectivity index (χ2v) is 8.46. The third-order valence-electron chi connectivity index (χ3n) is 4.88. The van der Waals surface area contributed by atoms with E-state index >= 15 is 0 Å². The third kappa shape index (κ3) is 6.25. The van der Waals surface area contributed by atoms with E-state index in [1.807, 2.05) is 20.8 Å². The van der Waals surface area contributed by atoms with Crippen molar-refractivity contribution in [1.82, 2.24) is 20.4 Å². The SMILES string of the molecule is CC(C)(C)[C@H](NC(=O)c1nn(CCCCC#N)c2c(F)cccc12)C(=O)NCCCO. The number of aromatic nitrogens is 2. The summed E-state index contributed by atoms with van der Waals surface area (Å²) in [7, 11) is 0. The molecular formula is C22H30FN5O3. The molecule has 0 aliphatic heterocycles. The van der Waals surface area contributed by atoms with Crippen LogP contribution in [-0.2, 0) is 11.3 Å². The normalized spacial score (nSPS) is 12.4. The van der Waals surface area contributed by atoms with Gasteiger partial charge in [0.05, 0.1) is 6.07 Å². The van der Waals surface area contributed by atoms with Crippen LogP contribution in [0.4, 0.5) is 4.39 Å². The molecule has 9 heteroatoms. The maximum Gasteiger partial charge on any atom is 0.273 e. The van der Waals surface area contributed by atoms with Gasteiger partial charge in [-0.3, -0.25) is 14.3 Å². The van der Waals surface area contributed by atoms with Crippen molar-refractivity contribution in [1.29, 1.82) is 5.26 Å². The summed E-state index contributed by atoms with van der Waals surface area (Å²) < 4.78 is 16.0. The molecule has 0 saturated carbocycles. The summed E-state index contributed by atoms with van der Waals surface area (Å²) >= 11 is 0. The van der Waals surface area contributed by atoms with Crippen LogP contribution >= 0.6 is 0 Å². The summed E-state index contributed by atoms with van der Waals surface area (Å²) in [4.78, 5) is 25.7. The number of nitriles is 1. The number of hydrogen-bond donors (Lipinski definition) is 3. The van der Waals surface area contributed by atoms with Gasteiger partial charge < -0.3 is 15.7 Å². The average Bonchev–Trinajstić information content (AvgIpc) is 3.08. The minimum absolute atomic E-state index is 0.0455. The summed E-state index contributed by atoms with van der Waals surface area (Å²) in [6.07, 6.45) is 2.08. The van der Waals surface area contributed by atoms with Crippen LogP contribution < -0.4 is 10.6 Å². The Morgan fingerprint density at radius 2 is 2.03 bits per heavy atom. The number of fused-ring (bicyclic) bond motifs is 1. The van der Waals surface area contributed by atoms with Crippen LogP contribution in [0.5, 0.6) is 0 Å². The van der Waals surface area contributed by atoms with Crippen molar-refractivity contribution in [2.24, 2.45) is 5.41 Å². The molecule has 168 valence electrons. The van der Waals surface area contributed by atoms with E-state index in [1.54, 1.807) is 6.07 Å². The van der Waals surface area contributed by atoms with Crippen LogP contribution in [0, 0.1) is 22.6 Å². The smallest absolute Gasteiger partial charge is 0.273 e. The highest BCUT2D eigenvalue weighted by Gasteiger charge is 2.34. The second-order valence-electron chi connectivity index (χ2n) is 8.46. The zero-order valence-corrected chi connectivity index (χ0v) is 18.2. The van der Waals surface area contributed by atoms with Crippen LogP contribution in [-0.4, -0.2) is 45.9 Å². The average molecular weight is 432 g/mol. The number of benzene rings is 1. The van der Waals surface area contributed by atoms with Gasteiger partial charge in [-0.05, 0) is 30.7 Å². The number of carbonyl (C=O) groups excluding carboxylic acids is 2. The molecule has 0 saturated heterocycles. The number of carbonyl (C=O) groups is 2. The Balaban J connectivity index is 2.30. The molecule has 0 aliphatic carbocycles. The van der Waals surface area contributed by atoms with Crippen molar-refractivity contribution in [3.05, 3.63) is 29.7 Å². The Bertz CT molecular complexity index is 958. The van der Waals surface area contributed by atoms with Crippen LogP contribution in [0.25, 0.3) is 10.9 Å². The Morgan fingerprint density at radius 3 is 2.68 bits per heavy atom. The highest BCUT2D eigenvalue weighted by atomic mass is 19.1. The summed E-state index contributed by atoms with van der Waals surface area (Å²) in [5, 5.41) is 27.8. The van der Waals surface area contributed by atoms with Gasteiger partial charge in [0.1, 0.15) is 17.4 Å². The topological polar surface area (TPSA) is 120 Å². The molecule has 0 bridgehead atoms. The van der Waals surface area contributed by atoms with Crippen molar-refractivity contribution in [3.63, 3.8) is 0 Å². The molecule has 31 heavy (non-hydrogen) atoms. The predicted octanol–water partition coefficient (Wildman–Crippen LogP) is 2.51. The number of amides is 2. The maximum atomic E-state index is 14.5. The molecule has 1 aromatic heterocycles. The van der Waals surface area contributed by atoms with E-state index in [2.05, 4.69) is 21.8 Å². The zero-order chi connectivity index (χ0) is 23.0. The van der Waals surface area contributed by atoms with Gasteiger partial charge in [0.2, 0.25) is 5.91 Å². The van der Waals surface area contributed by atoms with E-state index in [0.29, 0.717) is 44.2 Å². The van der Waals surface area contributed by atoms with Gasteiger partial charge >= 0.3 is 0 Å². The summed E-state index contributed by atoms with van der Waals surface area (Å²) in [6, 6.07) is 5.67. The minimum Gasteiger partial charge on any atom is -0.396 e. The molecule has 2 aromatic rings. The lowest BCUT2D eigenvalue weighted by Gasteiger charge is -2.30. The van der Waals surface area contributed by atoms with Gasteiger partial charge in [-0.25, -0.2) is 4.39 Å². The first-order valence-electron chi connectivity index (χ1n) is 10.4. The molecular weight excluding hydrogens is 401 g/mol. The van der Waals surface area contributed by atoms with Crippen molar-refractivity contribution in [3.8, 4) is 6.07 Å². The van der Waals surface area contributed by atoms with Gasteiger partial charge in [0, 0.05) is 31.5 Å². The van der Waals surface area contributed by atoms with Crippen LogP contribution in [0.15, 0.2) is 18.2 Å². The van der Waals surface area contributed by atoms with E-state index in [9.17, 15) is 14.0 Å². The van der Waals surface area contributed by atoms with Gasteiger partial charge in [-0.2, -0.15) is 10.4 Å². The van der Waals surface area contributed by atoms with Crippen molar-refractivity contribution in [2.75, 3.05) is 13.2 Å². The molecule has 1 aromatic carbocycles. The van der Waals surface area contributed by atoms with Crippen LogP contribution in [0.1, 0.15) is 56.9 Å². The lowest BCUT2D eigenvalue weighted by atomic mass is 9.86. The molecule has 2 amide bonds. The first-order valence-corrected chi connectivity index (χ1v) is 10.4. The summed E-state index contributed by atoms with van der Waals surface area (Å²) in [6.45, 7) is 6.11. The molecule has 0 radical (unpaired) electrons. The monoisotopic (exact) mass is 431 g/mol. The van der Waals surface area contributed by atoms with Gasteiger partial charge in [-0.1, -0.05) is 32.9 Å². The van der Waals surface area contributed by atoms with Crippen LogP contribution in [0.3, 0.4) is 0 Å². The molecule has 0 aliphatic rings. The van der Waals surface area contributed by atoms with Crippen molar-refractivity contribution < 1.29 is 19.1 Å². The number of aliphatic hydroxyl groups is 1. The number of halogens is 1. The Morgan fingerprint density at radius 1 is 1.29 bits per heavy atom. The lowest BCUT2D eigenvalue weighted by Crippen LogP contribution is -2.53. The first kappa shape index (κ1) is 24.3. The molecule has 3 N–H and O–H groups in total. The number of para-hydroxylation sites is 1. The minimum atomic E-state index is -0.844. The lowest BCUT2D eigenvalue weighted by molar-refractivity contribution is -0.125. The molecule has 0 fully saturated rings. The van der Waals surface area contributed by atoms with Crippen LogP contribution in [0.2, 0.25) is 0 Å². The Kier molecular flexibility index (Phi) is 8.51. The third-order valence-corrected chi connectivity index (χ3v) is 4.88. The Labute approximate surface area is 181 Å². The van der Waals surface area contributed by atoms with Crippen molar-refractivity contribution >= 4 is 22.7 Å². The molecule has 8 nitrogen and oxygen atoms in total. The largest absolute Gasteiger partial charge is 0.396 e. The fourth-order valence-corrected chi connectivity index (χ4v) is 3.26. The van der Waals surface area contributed by atoms with E-state index in [1.165, 1.54) is 16.8 Å². The van der Waals surface area contributed by atoms with E-state index in [0.717, 1.165) is 0 Å². The van der Waals surface area contributed by atoms with Crippen molar-refractivity contribution in [2.45, 2.75) is 59.0 Å². The van der Waals surface area contributed by atoms with E-state index in [4.69, 9.17) is 10.4 Å². The highest BCUT2D eigenvalue weighted by molar-refractivity contribution is 6.06. The predicted molar refractivity (Wildman–Crippen MR) is 115 cm³/mol. The van der Waals surface area contributed by atoms with Gasteiger partial charge in [-0.15, -0.1) is 0 Å². The van der Waals surface area contributed by atoms with Gasteiger partial charge in [0.25, 0.3) is 5.91 Å². The number of hydrogen-bond acceptors (Lipinski definition) is 5. The number of nitrogens with one attached hydrogen (secondary N) is 2. The van der Waals surface area contributed by atoms with E-state index < -0.39 is 23.2 Å². The molecule has 1 atom stereocenters. The fourth-order valence-electron chi connectivity index (χ4n) is 3.26. The quantitative estimate of drug-likeness (QED) is 0.499. The fraction of sp³-hybridized carbons (Fsp3) is 0.545. The maximum absolute atomic E-state index is 14.5. The summed E-state index contributed by atoms with van der Waals surface area (Å²) in [5.74, 6) is -1.41. The highest BCUT2D eigenvalue weighted by Crippen LogP contribution is 2.24. The number of unbranched alkanes of at least 4 members (excludes halogenated alkanes) is 2. The first-order chi connectivity index (χ1) is 14.7. The number of nitrogens with zero attached hydrogens (tertiary/aromatic N) is 3. The Hall–Kier alpha value is -2.99. The molecule has 0 spiro atoms. The second kappa shape index (κ2) is 10.9. The number of aryl methyl sites for hydroxylation is 1. The number of aliphatic hydroxyl groups excluding tert-OH is 1. The van der Waals surface area contributed by atoms with Gasteiger partial charge in [0.15, 0.2) is 5.69 Å². The summed E-state index contributed by atoms with van der Waals surface area (Å²) in [5.41, 5.74) is -0.309. The zero-order valence-electron chi connectivity index (χ0n) is 18.2. The standard InChI is InChI=1S/C22H30FN5O3/c1-22(2,3)19(21(31)25-12-8-14-29)26-20(30)17-15-9-7-10-16(23)18(15)28(27-17)13-6-4-5-11-24/h7,9-10,19,29H,4-6,8,12-14H2,1-3H3,(H,25,31)(H,26,30)/t19-/m1/s1. The molecule has 1 heterocycles. The molecule has 0 unspecified atom stereocenters.